The van der Waals surface area contributed by atoms with Crippen molar-refractivity contribution in [2.45, 2.75) is 24.6 Å². The molecule has 9 heteroatoms. The van der Waals surface area contributed by atoms with Crippen LogP contribution in [0.2, 0.25) is 0 Å². The lowest BCUT2D eigenvalue weighted by molar-refractivity contribution is -0.115. The van der Waals surface area contributed by atoms with Crippen molar-refractivity contribution < 1.29 is 9.32 Å². The van der Waals surface area contributed by atoms with Crippen LogP contribution in [0.4, 0.5) is 10.9 Å². The van der Waals surface area contributed by atoms with Crippen molar-refractivity contribution >= 4 is 40.0 Å². The monoisotopic (exact) mass is 313 g/mol. The second kappa shape index (κ2) is 7.25. The van der Waals surface area contributed by atoms with Crippen molar-refractivity contribution in [2.75, 3.05) is 22.9 Å². The molecule has 2 N–H and O–H groups in total. The molecular formula is C11H15N5O2S2. The van der Waals surface area contributed by atoms with E-state index in [4.69, 9.17) is 4.52 Å². The summed E-state index contributed by atoms with van der Waals surface area (Å²) >= 11 is 3.00. The van der Waals surface area contributed by atoms with Gasteiger partial charge in [0.1, 0.15) is 5.76 Å². The van der Waals surface area contributed by atoms with Crippen LogP contribution in [0.15, 0.2) is 14.9 Å². The average Bonchev–Trinajstić information content (AvgIpc) is 3.00. The van der Waals surface area contributed by atoms with Crippen molar-refractivity contribution in [3.05, 3.63) is 11.8 Å². The molecule has 2 rings (SSSR count). The topological polar surface area (TPSA) is 92.9 Å². The van der Waals surface area contributed by atoms with Gasteiger partial charge in [-0.2, -0.15) is 0 Å². The normalized spacial score (nSPS) is 10.5. The number of hydrogen-bond donors (Lipinski definition) is 2. The van der Waals surface area contributed by atoms with Gasteiger partial charge in [0.2, 0.25) is 11.0 Å². The molecule has 0 aliphatic rings. The van der Waals surface area contributed by atoms with Crippen molar-refractivity contribution in [1.29, 1.82) is 0 Å². The molecular weight excluding hydrogens is 298 g/mol. The van der Waals surface area contributed by atoms with Crippen LogP contribution in [-0.2, 0) is 4.79 Å². The summed E-state index contributed by atoms with van der Waals surface area (Å²) < 4.78 is 5.72. The molecule has 7 nitrogen and oxygen atoms in total. The maximum Gasteiger partial charge on any atom is 0.226 e. The van der Waals surface area contributed by atoms with Crippen molar-refractivity contribution in [3.8, 4) is 0 Å². The molecule has 0 aliphatic carbocycles. The lowest BCUT2D eigenvalue weighted by Gasteiger charge is -1.99. The Balaban J connectivity index is 1.70. The minimum absolute atomic E-state index is 0.0952. The Labute approximate surface area is 124 Å². The van der Waals surface area contributed by atoms with E-state index in [1.54, 1.807) is 13.0 Å². The number of nitrogens with one attached hydrogen (secondary N) is 2. The zero-order chi connectivity index (χ0) is 14.4. The molecule has 2 aromatic rings. The quantitative estimate of drug-likeness (QED) is 0.758. The van der Waals surface area contributed by atoms with Crippen LogP contribution in [0.25, 0.3) is 0 Å². The van der Waals surface area contributed by atoms with Crippen LogP contribution in [0.3, 0.4) is 0 Å². The summed E-state index contributed by atoms with van der Waals surface area (Å²) in [7, 11) is 0. The highest BCUT2D eigenvalue weighted by molar-refractivity contribution is 8.01. The molecule has 20 heavy (non-hydrogen) atoms. The lowest BCUT2D eigenvalue weighted by Crippen LogP contribution is -2.12. The minimum atomic E-state index is -0.0952. The van der Waals surface area contributed by atoms with Gasteiger partial charge in [0.05, 0.1) is 0 Å². The standard InChI is InChI=1S/C11H15N5O2S2/c1-3-12-10-14-15-11(20-10)19-5-4-9(17)13-8-6-7(2)18-16-8/h6H,3-5H2,1-2H3,(H,12,14)(H,13,16,17). The van der Waals surface area contributed by atoms with Gasteiger partial charge in [-0.25, -0.2) is 0 Å². The van der Waals surface area contributed by atoms with Gasteiger partial charge in [0.25, 0.3) is 0 Å². The third kappa shape index (κ3) is 4.49. The van der Waals surface area contributed by atoms with E-state index in [-0.39, 0.29) is 5.91 Å². The van der Waals surface area contributed by atoms with Gasteiger partial charge >= 0.3 is 0 Å². The third-order valence-corrected chi connectivity index (χ3v) is 4.20. The Morgan fingerprint density at radius 3 is 3.05 bits per heavy atom. The Morgan fingerprint density at radius 1 is 1.50 bits per heavy atom. The third-order valence-electron chi connectivity index (χ3n) is 2.18. The molecule has 0 spiro atoms. The molecule has 2 heterocycles. The number of thioether (sulfide) groups is 1. The van der Waals surface area contributed by atoms with Crippen molar-refractivity contribution in [1.82, 2.24) is 15.4 Å². The van der Waals surface area contributed by atoms with E-state index in [9.17, 15) is 4.79 Å². The highest BCUT2D eigenvalue weighted by Gasteiger charge is 2.08. The lowest BCUT2D eigenvalue weighted by atomic mass is 10.4. The van der Waals surface area contributed by atoms with E-state index in [2.05, 4.69) is 26.0 Å². The van der Waals surface area contributed by atoms with Gasteiger partial charge in [-0.15, -0.1) is 10.2 Å². The van der Waals surface area contributed by atoms with E-state index in [1.165, 1.54) is 23.1 Å². The highest BCUT2D eigenvalue weighted by Crippen LogP contribution is 2.25. The van der Waals surface area contributed by atoms with E-state index in [1.807, 2.05) is 6.92 Å². The smallest absolute Gasteiger partial charge is 0.226 e. The fourth-order valence-corrected chi connectivity index (χ4v) is 3.18. The number of aromatic nitrogens is 3. The second-order valence-corrected chi connectivity index (χ2v) is 6.19. The second-order valence-electron chi connectivity index (χ2n) is 3.87. The van der Waals surface area contributed by atoms with Gasteiger partial charge in [-0.05, 0) is 13.8 Å². The molecule has 0 bridgehead atoms. The summed E-state index contributed by atoms with van der Waals surface area (Å²) in [5, 5.41) is 18.3. The average molecular weight is 313 g/mol. The Bertz CT molecular complexity index is 569. The van der Waals surface area contributed by atoms with Gasteiger partial charge in [0, 0.05) is 24.8 Å². The Kier molecular flexibility index (Phi) is 5.36. The summed E-state index contributed by atoms with van der Waals surface area (Å²) in [6, 6.07) is 1.68. The molecule has 0 aliphatic heterocycles. The van der Waals surface area contributed by atoms with E-state index < -0.39 is 0 Å². The van der Waals surface area contributed by atoms with E-state index >= 15 is 0 Å². The Morgan fingerprint density at radius 2 is 2.35 bits per heavy atom. The van der Waals surface area contributed by atoms with E-state index in [0.717, 1.165) is 16.0 Å². The molecule has 0 aromatic carbocycles. The van der Waals surface area contributed by atoms with Crippen LogP contribution in [0.1, 0.15) is 19.1 Å². The first kappa shape index (κ1) is 14.8. The number of amides is 1. The fraction of sp³-hybridized carbons (Fsp3) is 0.455. The predicted octanol–water partition coefficient (Wildman–Crippen LogP) is 2.39. The van der Waals surface area contributed by atoms with Gasteiger partial charge < -0.3 is 15.2 Å². The maximum atomic E-state index is 11.7. The van der Waals surface area contributed by atoms with Crippen LogP contribution in [0.5, 0.6) is 0 Å². The van der Waals surface area contributed by atoms with Crippen LogP contribution < -0.4 is 10.6 Å². The molecule has 2 aromatic heterocycles. The first-order valence-corrected chi connectivity index (χ1v) is 7.91. The van der Waals surface area contributed by atoms with Crippen molar-refractivity contribution in [2.24, 2.45) is 0 Å². The number of anilines is 2. The van der Waals surface area contributed by atoms with Crippen LogP contribution in [-0.4, -0.2) is 33.6 Å². The largest absolute Gasteiger partial charge is 0.360 e. The van der Waals surface area contributed by atoms with Crippen LogP contribution >= 0.6 is 23.1 Å². The molecule has 1 amide bonds. The number of hydrogen-bond acceptors (Lipinski definition) is 8. The van der Waals surface area contributed by atoms with E-state index in [0.29, 0.717) is 23.8 Å². The summed E-state index contributed by atoms with van der Waals surface area (Å²) in [6.07, 6.45) is 0.382. The first-order chi connectivity index (χ1) is 9.67. The van der Waals surface area contributed by atoms with Gasteiger partial charge in [-0.3, -0.25) is 4.79 Å². The zero-order valence-electron chi connectivity index (χ0n) is 11.2. The highest BCUT2D eigenvalue weighted by atomic mass is 32.2. The fourth-order valence-electron chi connectivity index (χ4n) is 1.35. The summed E-state index contributed by atoms with van der Waals surface area (Å²) in [4.78, 5) is 11.7. The van der Waals surface area contributed by atoms with Gasteiger partial charge in [0.15, 0.2) is 10.2 Å². The maximum absolute atomic E-state index is 11.7. The number of aryl methyl sites for hydroxylation is 1. The summed E-state index contributed by atoms with van der Waals surface area (Å²) in [5.41, 5.74) is 0. The molecule has 0 saturated carbocycles. The minimum Gasteiger partial charge on any atom is -0.360 e. The number of carbonyl (C=O) groups excluding carboxylic acids is 1. The number of nitrogens with zero attached hydrogens (tertiary/aromatic N) is 3. The molecule has 0 unspecified atom stereocenters. The first-order valence-electron chi connectivity index (χ1n) is 6.10. The van der Waals surface area contributed by atoms with Crippen molar-refractivity contribution in [3.63, 3.8) is 0 Å². The molecule has 0 radical (unpaired) electrons. The summed E-state index contributed by atoms with van der Waals surface area (Å²) in [5.74, 6) is 1.66. The number of carbonyl (C=O) groups is 1. The summed E-state index contributed by atoms with van der Waals surface area (Å²) in [6.45, 7) is 4.60. The molecule has 0 atom stereocenters. The molecule has 0 saturated heterocycles. The molecule has 108 valence electrons. The van der Waals surface area contributed by atoms with Gasteiger partial charge in [-0.1, -0.05) is 28.3 Å². The van der Waals surface area contributed by atoms with Crippen LogP contribution in [0, 0.1) is 6.92 Å². The number of rotatable bonds is 7. The zero-order valence-corrected chi connectivity index (χ0v) is 12.8. The predicted molar refractivity (Wildman–Crippen MR) is 79.3 cm³/mol. The SMILES string of the molecule is CCNc1nnc(SCCC(=O)Nc2cc(C)on2)s1. The molecule has 0 fully saturated rings. The Hall–Kier alpha value is -1.61.